The lowest BCUT2D eigenvalue weighted by Gasteiger charge is -2.04. The zero-order valence-electron chi connectivity index (χ0n) is 13.3. The molecule has 114 valence electrons. The highest BCUT2D eigenvalue weighted by molar-refractivity contribution is 7.98. The number of thioether (sulfide) groups is 1. The molecule has 0 radical (unpaired) electrons. The van der Waals surface area contributed by atoms with Crippen molar-refractivity contribution in [3.63, 3.8) is 0 Å². The van der Waals surface area contributed by atoms with Gasteiger partial charge in [-0.15, -0.1) is 23.1 Å². The van der Waals surface area contributed by atoms with Gasteiger partial charge in [0.25, 0.3) is 0 Å². The first-order valence-corrected chi connectivity index (χ1v) is 9.29. The minimum atomic E-state index is 0.493. The van der Waals surface area contributed by atoms with E-state index in [2.05, 4.69) is 57.3 Å². The van der Waals surface area contributed by atoms with E-state index in [0.29, 0.717) is 5.92 Å². The molecule has 0 fully saturated rings. The minimum absolute atomic E-state index is 0.493. The normalized spacial score (nSPS) is 11.3. The van der Waals surface area contributed by atoms with Crippen molar-refractivity contribution in [3.8, 4) is 0 Å². The highest BCUT2D eigenvalue weighted by atomic mass is 32.2. The number of aromatic nitrogens is 1. The first-order chi connectivity index (χ1) is 10.1. The molecule has 1 N–H and O–H groups in total. The fraction of sp³-hybridized carbons (Fsp3) is 0.471. The summed E-state index contributed by atoms with van der Waals surface area (Å²) in [5.41, 5.74) is 2.58. The van der Waals surface area contributed by atoms with Gasteiger partial charge in [-0.05, 0) is 31.5 Å². The summed E-state index contributed by atoms with van der Waals surface area (Å²) in [6.45, 7) is 10.7. The van der Waals surface area contributed by atoms with Crippen LogP contribution in [0.4, 0.5) is 0 Å². The molecule has 1 aromatic heterocycles. The minimum Gasteiger partial charge on any atom is -0.312 e. The van der Waals surface area contributed by atoms with Gasteiger partial charge in [0, 0.05) is 16.3 Å². The third-order valence-electron chi connectivity index (χ3n) is 3.21. The van der Waals surface area contributed by atoms with Crippen molar-refractivity contribution in [2.24, 2.45) is 0 Å². The van der Waals surface area contributed by atoms with E-state index in [1.54, 1.807) is 0 Å². The Labute approximate surface area is 136 Å². The van der Waals surface area contributed by atoms with E-state index >= 15 is 0 Å². The number of rotatable bonds is 7. The Balaban J connectivity index is 2.06. The molecular weight excluding hydrogens is 296 g/mol. The number of hydrogen-bond acceptors (Lipinski definition) is 4. The van der Waals surface area contributed by atoms with Gasteiger partial charge < -0.3 is 5.32 Å². The van der Waals surface area contributed by atoms with E-state index in [4.69, 9.17) is 4.98 Å². The molecule has 2 aromatic rings. The summed E-state index contributed by atoms with van der Waals surface area (Å²) >= 11 is 3.73. The van der Waals surface area contributed by atoms with Gasteiger partial charge >= 0.3 is 0 Å². The van der Waals surface area contributed by atoms with Crippen LogP contribution in [0.1, 0.15) is 47.8 Å². The van der Waals surface area contributed by atoms with Crippen molar-refractivity contribution in [3.05, 3.63) is 45.4 Å². The molecule has 0 aliphatic heterocycles. The Morgan fingerprint density at radius 3 is 2.81 bits per heavy atom. The molecule has 0 aliphatic rings. The summed E-state index contributed by atoms with van der Waals surface area (Å²) in [7, 11) is 0. The molecule has 2 nitrogen and oxygen atoms in total. The SMILES string of the molecule is CCNCc1sc(CSc2cccc(C)c2)nc1C(C)C. The highest BCUT2D eigenvalue weighted by Crippen LogP contribution is 2.30. The van der Waals surface area contributed by atoms with Crippen LogP contribution < -0.4 is 5.32 Å². The zero-order chi connectivity index (χ0) is 15.2. The molecule has 21 heavy (non-hydrogen) atoms. The number of nitrogens with zero attached hydrogens (tertiary/aromatic N) is 1. The third kappa shape index (κ3) is 4.83. The lowest BCUT2D eigenvalue weighted by molar-refractivity contribution is 0.713. The summed E-state index contributed by atoms with van der Waals surface area (Å²) in [5, 5.41) is 4.65. The lowest BCUT2D eigenvalue weighted by Crippen LogP contribution is -2.12. The van der Waals surface area contributed by atoms with Gasteiger partial charge in [0.15, 0.2) is 0 Å². The number of nitrogens with one attached hydrogen (secondary N) is 1. The maximum Gasteiger partial charge on any atom is 0.103 e. The average Bonchev–Trinajstić information content (AvgIpc) is 2.86. The molecule has 0 atom stereocenters. The van der Waals surface area contributed by atoms with Gasteiger partial charge in [-0.1, -0.05) is 38.5 Å². The number of thiazole rings is 1. The Kier molecular flexibility index (Phi) is 6.27. The second-order valence-electron chi connectivity index (χ2n) is 5.46. The Bertz CT molecular complexity index is 576. The first-order valence-electron chi connectivity index (χ1n) is 7.48. The average molecular weight is 321 g/mol. The molecule has 0 saturated carbocycles. The second kappa shape index (κ2) is 7.97. The fourth-order valence-corrected chi connectivity index (χ4v) is 4.34. The van der Waals surface area contributed by atoms with E-state index in [1.807, 2.05) is 23.1 Å². The molecule has 1 aromatic carbocycles. The number of hydrogen-bond donors (Lipinski definition) is 1. The van der Waals surface area contributed by atoms with Crippen LogP contribution >= 0.6 is 23.1 Å². The molecule has 0 aliphatic carbocycles. The van der Waals surface area contributed by atoms with Gasteiger partial charge in [-0.2, -0.15) is 0 Å². The van der Waals surface area contributed by atoms with Crippen LogP contribution in [0, 0.1) is 6.92 Å². The standard InChI is InChI=1S/C17H24N2S2/c1-5-18-10-15-17(12(2)3)19-16(21-15)11-20-14-8-6-7-13(4)9-14/h6-9,12,18H,5,10-11H2,1-4H3. The third-order valence-corrected chi connectivity index (χ3v) is 5.47. The lowest BCUT2D eigenvalue weighted by atomic mass is 10.1. The van der Waals surface area contributed by atoms with Crippen molar-refractivity contribution in [1.82, 2.24) is 10.3 Å². The second-order valence-corrected chi connectivity index (χ2v) is 7.67. The van der Waals surface area contributed by atoms with Crippen LogP contribution in [-0.2, 0) is 12.3 Å². The summed E-state index contributed by atoms with van der Waals surface area (Å²) in [6.07, 6.45) is 0. The van der Waals surface area contributed by atoms with Crippen LogP contribution in [0.5, 0.6) is 0 Å². The predicted octanol–water partition coefficient (Wildman–Crippen LogP) is 4.98. The summed E-state index contributed by atoms with van der Waals surface area (Å²) in [4.78, 5) is 7.58. The van der Waals surface area contributed by atoms with Crippen LogP contribution in [0.15, 0.2) is 29.2 Å². The Morgan fingerprint density at radius 1 is 1.33 bits per heavy atom. The summed E-state index contributed by atoms with van der Waals surface area (Å²) in [5.74, 6) is 1.45. The predicted molar refractivity (Wildman–Crippen MR) is 94.3 cm³/mol. The highest BCUT2D eigenvalue weighted by Gasteiger charge is 2.14. The summed E-state index contributed by atoms with van der Waals surface area (Å²) < 4.78 is 0. The molecular formula is C17H24N2S2. The monoisotopic (exact) mass is 320 g/mol. The van der Waals surface area contributed by atoms with Crippen LogP contribution in [0.25, 0.3) is 0 Å². The van der Waals surface area contributed by atoms with Crippen LogP contribution in [-0.4, -0.2) is 11.5 Å². The Morgan fingerprint density at radius 2 is 2.14 bits per heavy atom. The molecule has 1 heterocycles. The number of aryl methyl sites for hydroxylation is 1. The van der Waals surface area contributed by atoms with Crippen molar-refractivity contribution < 1.29 is 0 Å². The van der Waals surface area contributed by atoms with Gasteiger partial charge in [0.1, 0.15) is 5.01 Å². The summed E-state index contributed by atoms with van der Waals surface area (Å²) in [6, 6.07) is 8.67. The first kappa shape index (κ1) is 16.5. The van der Waals surface area contributed by atoms with Gasteiger partial charge in [-0.3, -0.25) is 0 Å². The molecule has 0 amide bonds. The van der Waals surface area contributed by atoms with Gasteiger partial charge in [0.2, 0.25) is 0 Å². The van der Waals surface area contributed by atoms with Gasteiger partial charge in [-0.25, -0.2) is 4.98 Å². The van der Waals surface area contributed by atoms with E-state index in [1.165, 1.54) is 26.0 Å². The van der Waals surface area contributed by atoms with Crippen molar-refractivity contribution >= 4 is 23.1 Å². The fourth-order valence-electron chi connectivity index (χ4n) is 2.14. The molecule has 2 rings (SSSR count). The van der Waals surface area contributed by atoms with E-state index in [0.717, 1.165) is 18.8 Å². The van der Waals surface area contributed by atoms with Crippen molar-refractivity contribution in [2.45, 2.75) is 50.8 Å². The van der Waals surface area contributed by atoms with E-state index < -0.39 is 0 Å². The topological polar surface area (TPSA) is 24.9 Å². The largest absolute Gasteiger partial charge is 0.312 e. The number of benzene rings is 1. The van der Waals surface area contributed by atoms with Crippen molar-refractivity contribution in [1.29, 1.82) is 0 Å². The smallest absolute Gasteiger partial charge is 0.103 e. The molecule has 0 unspecified atom stereocenters. The van der Waals surface area contributed by atoms with Crippen molar-refractivity contribution in [2.75, 3.05) is 6.54 Å². The molecule has 0 spiro atoms. The maximum atomic E-state index is 4.86. The van der Waals surface area contributed by atoms with E-state index in [-0.39, 0.29) is 0 Å². The quantitative estimate of drug-likeness (QED) is 0.729. The van der Waals surface area contributed by atoms with Gasteiger partial charge in [0.05, 0.1) is 11.4 Å². The van der Waals surface area contributed by atoms with Crippen LogP contribution in [0.3, 0.4) is 0 Å². The molecule has 4 heteroatoms. The van der Waals surface area contributed by atoms with E-state index in [9.17, 15) is 0 Å². The molecule has 0 bridgehead atoms. The Hall–Kier alpha value is -0.840. The zero-order valence-corrected chi connectivity index (χ0v) is 14.9. The maximum absolute atomic E-state index is 4.86. The van der Waals surface area contributed by atoms with Crippen LogP contribution in [0.2, 0.25) is 0 Å². The molecule has 0 saturated heterocycles.